The van der Waals surface area contributed by atoms with Gasteiger partial charge in [0, 0.05) is 10.6 Å². The Balaban J connectivity index is 2.02. The van der Waals surface area contributed by atoms with E-state index in [0.717, 1.165) is 4.90 Å². The number of aliphatic hydroxyl groups excluding tert-OH is 3. The molecule has 4 atom stereocenters. The standard InChI is InChI=1S/C12H13NO3S2/c13-5-7-1-3-8(4-2-7)18-12-11(16)10(15)9(14)6-17-12/h1-4,9-12,14-16H,6H2/t9-,10-,11+,12-/m0/s1. The summed E-state index contributed by atoms with van der Waals surface area (Å²) in [5.41, 5.74) is 0.589. The highest BCUT2D eigenvalue weighted by molar-refractivity contribution is 8.17. The van der Waals surface area contributed by atoms with E-state index in [9.17, 15) is 15.3 Å². The molecule has 0 saturated carbocycles. The molecule has 0 amide bonds. The molecule has 3 N–H and O–H groups in total. The van der Waals surface area contributed by atoms with Crippen LogP contribution in [0.3, 0.4) is 0 Å². The summed E-state index contributed by atoms with van der Waals surface area (Å²) in [7, 11) is 0. The van der Waals surface area contributed by atoms with E-state index in [0.29, 0.717) is 11.3 Å². The van der Waals surface area contributed by atoms with Gasteiger partial charge in [-0.2, -0.15) is 5.26 Å². The zero-order valence-electron chi connectivity index (χ0n) is 9.43. The van der Waals surface area contributed by atoms with Crippen LogP contribution < -0.4 is 0 Å². The van der Waals surface area contributed by atoms with Crippen molar-refractivity contribution in [3.05, 3.63) is 29.8 Å². The van der Waals surface area contributed by atoms with Crippen LogP contribution in [0.5, 0.6) is 0 Å². The summed E-state index contributed by atoms with van der Waals surface area (Å²) < 4.78 is -0.212. The lowest BCUT2D eigenvalue weighted by Crippen LogP contribution is -2.47. The molecule has 1 aliphatic heterocycles. The summed E-state index contributed by atoms with van der Waals surface area (Å²) in [6, 6.07) is 9.10. The van der Waals surface area contributed by atoms with Crippen LogP contribution >= 0.6 is 23.5 Å². The van der Waals surface area contributed by atoms with E-state index in [-0.39, 0.29) is 4.58 Å². The molecule has 0 radical (unpaired) electrons. The molecule has 96 valence electrons. The van der Waals surface area contributed by atoms with Gasteiger partial charge in [0.05, 0.1) is 22.3 Å². The van der Waals surface area contributed by atoms with Crippen LogP contribution in [0, 0.1) is 11.3 Å². The SMILES string of the molecule is N#Cc1ccc(S[C@@H]2SC[C@H](O)[C@H](O)[C@H]2O)cc1. The van der Waals surface area contributed by atoms with Gasteiger partial charge in [0.15, 0.2) is 0 Å². The molecule has 4 nitrogen and oxygen atoms in total. The van der Waals surface area contributed by atoms with Gasteiger partial charge in [-0.05, 0) is 24.3 Å². The molecule has 2 rings (SSSR count). The van der Waals surface area contributed by atoms with Crippen LogP contribution in [0.2, 0.25) is 0 Å². The Kier molecular flexibility index (Phi) is 4.54. The van der Waals surface area contributed by atoms with E-state index in [1.807, 2.05) is 18.2 Å². The average Bonchev–Trinajstić information content (AvgIpc) is 2.40. The van der Waals surface area contributed by atoms with Crippen molar-refractivity contribution >= 4 is 23.5 Å². The lowest BCUT2D eigenvalue weighted by atomic mass is 10.1. The lowest BCUT2D eigenvalue weighted by molar-refractivity contribution is -0.0474. The zero-order valence-corrected chi connectivity index (χ0v) is 11.1. The highest BCUT2D eigenvalue weighted by atomic mass is 32.2. The zero-order chi connectivity index (χ0) is 13.1. The van der Waals surface area contributed by atoms with Gasteiger partial charge in [-0.25, -0.2) is 0 Å². The van der Waals surface area contributed by atoms with Crippen molar-refractivity contribution in [1.29, 1.82) is 5.26 Å². The van der Waals surface area contributed by atoms with E-state index in [1.54, 1.807) is 12.1 Å². The largest absolute Gasteiger partial charge is 0.389 e. The summed E-state index contributed by atoms with van der Waals surface area (Å²) in [5, 5.41) is 37.6. The fraction of sp³-hybridized carbons (Fsp3) is 0.417. The predicted octanol–water partition coefficient (Wildman–Crippen LogP) is 0.806. The molecule has 6 heteroatoms. The van der Waals surface area contributed by atoms with Crippen LogP contribution in [-0.2, 0) is 0 Å². The normalized spacial score (nSPS) is 31.9. The van der Waals surface area contributed by atoms with Crippen molar-refractivity contribution in [3.8, 4) is 6.07 Å². The Labute approximate surface area is 114 Å². The summed E-state index contributed by atoms with van der Waals surface area (Å²) >= 11 is 2.86. The highest BCUT2D eigenvalue weighted by Gasteiger charge is 2.37. The van der Waals surface area contributed by atoms with E-state index in [4.69, 9.17) is 5.26 Å². The molecule has 1 aromatic carbocycles. The number of nitrogens with zero attached hydrogens (tertiary/aromatic N) is 1. The number of thioether (sulfide) groups is 2. The minimum absolute atomic E-state index is 0.212. The van der Waals surface area contributed by atoms with Gasteiger partial charge >= 0.3 is 0 Å². The molecule has 1 saturated heterocycles. The first kappa shape index (κ1) is 13.7. The second-order valence-corrected chi connectivity index (χ2v) is 6.69. The number of hydrogen-bond donors (Lipinski definition) is 3. The van der Waals surface area contributed by atoms with Crippen molar-refractivity contribution in [2.24, 2.45) is 0 Å². The number of benzene rings is 1. The maximum Gasteiger partial charge on any atom is 0.108 e. The second kappa shape index (κ2) is 5.95. The minimum Gasteiger partial charge on any atom is -0.389 e. The molecule has 1 fully saturated rings. The van der Waals surface area contributed by atoms with Gasteiger partial charge in [0.1, 0.15) is 12.2 Å². The second-order valence-electron chi connectivity index (χ2n) is 4.00. The van der Waals surface area contributed by atoms with Crippen molar-refractivity contribution in [3.63, 3.8) is 0 Å². The van der Waals surface area contributed by atoms with Crippen LogP contribution in [0.25, 0.3) is 0 Å². The average molecular weight is 283 g/mol. The van der Waals surface area contributed by atoms with Gasteiger partial charge in [-0.3, -0.25) is 0 Å². The fourth-order valence-electron chi connectivity index (χ4n) is 1.63. The number of hydrogen-bond acceptors (Lipinski definition) is 6. The van der Waals surface area contributed by atoms with Gasteiger partial charge in [0.2, 0.25) is 0 Å². The molecule has 0 aromatic heterocycles. The molecule has 0 bridgehead atoms. The summed E-state index contributed by atoms with van der Waals surface area (Å²) in [6.45, 7) is 0. The molecular weight excluding hydrogens is 270 g/mol. The molecule has 0 unspecified atom stereocenters. The number of aliphatic hydroxyl groups is 3. The van der Waals surface area contributed by atoms with E-state index in [2.05, 4.69) is 0 Å². The monoisotopic (exact) mass is 283 g/mol. The van der Waals surface area contributed by atoms with Crippen molar-refractivity contribution in [2.45, 2.75) is 27.8 Å². The molecule has 18 heavy (non-hydrogen) atoms. The number of rotatable bonds is 2. The quantitative estimate of drug-likeness (QED) is 0.745. The Morgan fingerprint density at radius 1 is 1.17 bits per heavy atom. The van der Waals surface area contributed by atoms with Gasteiger partial charge in [0.25, 0.3) is 0 Å². The smallest absolute Gasteiger partial charge is 0.108 e. The van der Waals surface area contributed by atoms with Gasteiger partial charge in [-0.15, -0.1) is 23.5 Å². The van der Waals surface area contributed by atoms with Crippen molar-refractivity contribution in [1.82, 2.24) is 0 Å². The van der Waals surface area contributed by atoms with E-state index >= 15 is 0 Å². The van der Waals surface area contributed by atoms with Crippen molar-refractivity contribution < 1.29 is 15.3 Å². The maximum atomic E-state index is 9.87. The third-order valence-electron chi connectivity index (χ3n) is 2.69. The summed E-state index contributed by atoms with van der Waals surface area (Å²) in [6.07, 6.45) is -2.93. The highest BCUT2D eigenvalue weighted by Crippen LogP contribution is 2.38. The summed E-state index contributed by atoms with van der Waals surface area (Å²) in [5.74, 6) is 0.409. The Bertz CT molecular complexity index is 446. The third-order valence-corrected chi connectivity index (χ3v) is 5.58. The molecule has 0 spiro atoms. The molecule has 0 aliphatic carbocycles. The Morgan fingerprint density at radius 3 is 2.44 bits per heavy atom. The predicted molar refractivity (Wildman–Crippen MR) is 71.3 cm³/mol. The summed E-state index contributed by atoms with van der Waals surface area (Å²) in [4.78, 5) is 0.925. The molecule has 1 aliphatic rings. The first-order chi connectivity index (χ1) is 8.61. The van der Waals surface area contributed by atoms with Gasteiger partial charge in [-0.1, -0.05) is 0 Å². The lowest BCUT2D eigenvalue weighted by Gasteiger charge is -2.34. The molecular formula is C12H13NO3S2. The van der Waals surface area contributed by atoms with Crippen molar-refractivity contribution in [2.75, 3.05) is 5.75 Å². The van der Waals surface area contributed by atoms with Crippen LogP contribution in [0.4, 0.5) is 0 Å². The fourth-order valence-corrected chi connectivity index (χ4v) is 4.27. The Morgan fingerprint density at radius 2 is 1.83 bits per heavy atom. The van der Waals surface area contributed by atoms with E-state index < -0.39 is 18.3 Å². The van der Waals surface area contributed by atoms with Crippen LogP contribution in [0.1, 0.15) is 5.56 Å². The topological polar surface area (TPSA) is 84.5 Å². The first-order valence-electron chi connectivity index (χ1n) is 5.44. The van der Waals surface area contributed by atoms with E-state index in [1.165, 1.54) is 23.5 Å². The van der Waals surface area contributed by atoms with Crippen LogP contribution in [0.15, 0.2) is 29.2 Å². The number of nitriles is 1. The molecule has 1 aromatic rings. The first-order valence-corrected chi connectivity index (χ1v) is 7.37. The third kappa shape index (κ3) is 2.99. The van der Waals surface area contributed by atoms with Gasteiger partial charge < -0.3 is 15.3 Å². The Hall–Kier alpha value is -0.710. The maximum absolute atomic E-state index is 9.87. The van der Waals surface area contributed by atoms with Crippen LogP contribution in [-0.4, -0.2) is 44.0 Å². The molecule has 1 heterocycles. The minimum atomic E-state index is -1.10.